The van der Waals surface area contributed by atoms with E-state index in [0.29, 0.717) is 21.7 Å². The molecule has 0 aliphatic heterocycles. The first-order valence-electron chi connectivity index (χ1n) is 4.55. The summed E-state index contributed by atoms with van der Waals surface area (Å²) in [4.78, 5) is 1.12. The first-order valence-corrected chi connectivity index (χ1v) is 5.43. The van der Waals surface area contributed by atoms with E-state index in [1.165, 1.54) is 12.4 Å². The zero-order chi connectivity index (χ0) is 11.5. The molecule has 0 aliphatic carbocycles. The molecule has 0 spiro atoms. The molecule has 0 aliphatic rings. The van der Waals surface area contributed by atoms with Crippen molar-refractivity contribution in [1.82, 2.24) is 0 Å². The van der Waals surface area contributed by atoms with Crippen molar-refractivity contribution in [3.63, 3.8) is 0 Å². The molecule has 0 unspecified atom stereocenters. The maximum atomic E-state index is 11.2. The van der Waals surface area contributed by atoms with Crippen molar-refractivity contribution in [1.29, 1.82) is 0 Å². The number of anilines is 2. The summed E-state index contributed by atoms with van der Waals surface area (Å²) in [5.41, 5.74) is 5.65. The highest BCUT2D eigenvalue weighted by atomic mass is 32.1. The summed E-state index contributed by atoms with van der Waals surface area (Å²) in [6.07, 6.45) is 2.47. The first-order chi connectivity index (χ1) is 7.66. The van der Waals surface area contributed by atoms with E-state index in [0.717, 1.165) is 4.88 Å². The Morgan fingerprint density at radius 1 is 1.31 bits per heavy atom. The minimum atomic E-state index is -0.387. The van der Waals surface area contributed by atoms with Crippen LogP contribution in [-0.4, -0.2) is 0 Å². The lowest BCUT2D eigenvalue weighted by Gasteiger charge is -2.08. The summed E-state index contributed by atoms with van der Waals surface area (Å²) in [6, 6.07) is 3.90. The molecule has 0 bridgehead atoms. The smallest absolute Gasteiger partial charge is 0.535 e. The fourth-order valence-corrected chi connectivity index (χ4v) is 1.85. The predicted octanol–water partition coefficient (Wildman–Crippen LogP) is 0.209. The third-order valence-corrected chi connectivity index (χ3v) is 2.89. The van der Waals surface area contributed by atoms with Gasteiger partial charge in [-0.2, -0.15) is 0 Å². The van der Waals surface area contributed by atoms with Gasteiger partial charge < -0.3 is 15.7 Å². The van der Waals surface area contributed by atoms with E-state index in [1.54, 1.807) is 11.3 Å². The van der Waals surface area contributed by atoms with Crippen LogP contribution in [0.3, 0.4) is 0 Å². The summed E-state index contributed by atoms with van der Waals surface area (Å²) in [5.74, 6) is -0.387. The maximum Gasteiger partial charge on any atom is 0.535 e. The zero-order valence-corrected chi connectivity index (χ0v) is 9.11. The number of nitrogens with two attached hydrogens (primary N) is 1. The molecule has 0 saturated carbocycles. The largest absolute Gasteiger partial charge is 0.675 e. The van der Waals surface area contributed by atoms with Gasteiger partial charge in [0.1, 0.15) is 5.69 Å². The van der Waals surface area contributed by atoms with E-state index in [4.69, 9.17) is 5.73 Å². The number of hydrogen-bond acceptors (Lipinski definition) is 5. The van der Waals surface area contributed by atoms with E-state index < -0.39 is 0 Å². The van der Waals surface area contributed by atoms with Crippen molar-refractivity contribution < 1.29 is 9.46 Å². The van der Waals surface area contributed by atoms with Gasteiger partial charge in [0.25, 0.3) is 0 Å². The van der Waals surface area contributed by atoms with Crippen LogP contribution in [0.2, 0.25) is 0 Å². The van der Waals surface area contributed by atoms with Gasteiger partial charge in [0, 0.05) is 11.4 Å². The molecule has 6 nitrogen and oxygen atoms in total. The Bertz CT molecular complexity index is 463. The third kappa shape index (κ3) is 2.14. The fraction of sp³-hybridized carbons (Fsp3) is 0.111. The number of aromatic nitrogens is 2. The minimum absolute atomic E-state index is 0.337. The summed E-state index contributed by atoms with van der Waals surface area (Å²) in [7, 11) is 0. The molecule has 2 heterocycles. The van der Waals surface area contributed by atoms with Crippen LogP contribution in [0.1, 0.15) is 4.88 Å². The Kier molecular flexibility index (Phi) is 2.78. The fourth-order valence-electron chi connectivity index (χ4n) is 1.21. The molecule has 0 fully saturated rings. The number of rotatable bonds is 3. The Hall–Kier alpha value is -2.02. The molecule has 7 heteroatoms. The van der Waals surface area contributed by atoms with Gasteiger partial charge >= 0.3 is 5.95 Å². The highest BCUT2D eigenvalue weighted by molar-refractivity contribution is 7.09. The van der Waals surface area contributed by atoms with Crippen molar-refractivity contribution in [2.75, 3.05) is 11.1 Å². The molecule has 0 amide bonds. The van der Waals surface area contributed by atoms with Crippen LogP contribution >= 0.6 is 11.3 Å². The number of nitrogen functional groups attached to an aromatic ring is 1. The second-order valence-electron chi connectivity index (χ2n) is 3.16. The normalized spacial score (nSPS) is 10.2. The van der Waals surface area contributed by atoms with Gasteiger partial charge in [-0.05, 0) is 11.4 Å². The van der Waals surface area contributed by atoms with Crippen LogP contribution in [0.25, 0.3) is 0 Å². The van der Waals surface area contributed by atoms with E-state index in [-0.39, 0.29) is 5.95 Å². The minimum Gasteiger partial charge on any atom is -0.675 e. The Balaban J connectivity index is 2.10. The second kappa shape index (κ2) is 4.23. The number of nitrogens with one attached hydrogen (secondary N) is 1. The van der Waals surface area contributed by atoms with Gasteiger partial charge in [-0.1, -0.05) is 6.07 Å². The summed E-state index contributed by atoms with van der Waals surface area (Å²) < 4.78 is 0.674. The third-order valence-electron chi connectivity index (χ3n) is 2.01. The highest BCUT2D eigenvalue weighted by Crippen LogP contribution is 2.10. The van der Waals surface area contributed by atoms with Crippen molar-refractivity contribution in [2.45, 2.75) is 6.54 Å². The Morgan fingerprint density at radius 2 is 2.00 bits per heavy atom. The molecule has 2 aromatic heterocycles. The van der Waals surface area contributed by atoms with Crippen LogP contribution < -0.4 is 20.5 Å². The van der Waals surface area contributed by atoms with Crippen LogP contribution in [0.5, 0.6) is 0 Å². The van der Waals surface area contributed by atoms with Gasteiger partial charge in [-0.3, -0.25) is 0 Å². The van der Waals surface area contributed by atoms with Crippen LogP contribution in [0, 0.1) is 10.4 Å². The molecule has 16 heavy (non-hydrogen) atoms. The van der Waals surface area contributed by atoms with Gasteiger partial charge in [-0.15, -0.1) is 20.8 Å². The number of thiophene rings is 1. The van der Waals surface area contributed by atoms with E-state index >= 15 is 0 Å². The van der Waals surface area contributed by atoms with Crippen molar-refractivity contribution in [3.05, 3.63) is 45.2 Å². The van der Waals surface area contributed by atoms with E-state index in [9.17, 15) is 10.4 Å². The average molecular weight is 238 g/mol. The average Bonchev–Trinajstić information content (AvgIpc) is 2.75. The Morgan fingerprint density at radius 3 is 2.56 bits per heavy atom. The lowest BCUT2D eigenvalue weighted by atomic mass is 10.4. The molecule has 3 N–H and O–H groups in total. The SMILES string of the molecule is Nc1[n+]([O-])cc(NCc2cccs2)c[n+]1[O-]. The summed E-state index contributed by atoms with van der Waals surface area (Å²) in [5, 5.41) is 27.2. The second-order valence-corrected chi connectivity index (χ2v) is 4.19. The van der Waals surface area contributed by atoms with E-state index in [1.807, 2.05) is 17.5 Å². The maximum absolute atomic E-state index is 11.2. The first kappa shape index (κ1) is 10.5. The molecule has 84 valence electrons. The lowest BCUT2D eigenvalue weighted by Crippen LogP contribution is -2.45. The zero-order valence-electron chi connectivity index (χ0n) is 8.29. The molecular weight excluding hydrogens is 228 g/mol. The quantitative estimate of drug-likeness (QED) is 0.590. The van der Waals surface area contributed by atoms with Crippen LogP contribution in [-0.2, 0) is 6.54 Å². The van der Waals surface area contributed by atoms with Crippen LogP contribution in [0.15, 0.2) is 29.9 Å². The summed E-state index contributed by atoms with van der Waals surface area (Å²) in [6.45, 7) is 0.571. The monoisotopic (exact) mass is 238 g/mol. The van der Waals surface area contributed by atoms with E-state index in [2.05, 4.69) is 5.32 Å². The molecule has 0 saturated heterocycles. The summed E-state index contributed by atoms with van der Waals surface area (Å²) >= 11 is 1.60. The van der Waals surface area contributed by atoms with Gasteiger partial charge in [0.2, 0.25) is 0 Å². The van der Waals surface area contributed by atoms with Crippen molar-refractivity contribution >= 4 is 23.0 Å². The van der Waals surface area contributed by atoms with Gasteiger partial charge in [0.05, 0.1) is 0 Å². The molecule has 2 rings (SSSR count). The lowest BCUT2D eigenvalue weighted by molar-refractivity contribution is -0.717. The van der Waals surface area contributed by atoms with Crippen LogP contribution in [0.4, 0.5) is 11.6 Å². The Labute approximate surface area is 95.7 Å². The highest BCUT2D eigenvalue weighted by Gasteiger charge is 2.10. The molecular formula is C9H10N4O2S. The van der Waals surface area contributed by atoms with Crippen molar-refractivity contribution in [3.8, 4) is 0 Å². The van der Waals surface area contributed by atoms with Gasteiger partial charge in [-0.25, -0.2) is 5.73 Å². The molecule has 0 aromatic carbocycles. The van der Waals surface area contributed by atoms with Crippen molar-refractivity contribution in [2.24, 2.45) is 0 Å². The molecule has 0 radical (unpaired) electrons. The standard InChI is InChI=1S/C9H10N4O2S/c10-9-12(14)5-7(6-13(9)15)11-4-8-2-1-3-16-8/h1-3,5-6,11H,4,10H2. The molecule has 0 atom stereocenters. The van der Waals surface area contributed by atoms with Gasteiger partial charge in [0.15, 0.2) is 12.4 Å². The topological polar surface area (TPSA) is 91.9 Å². The number of nitrogens with zero attached hydrogens (tertiary/aromatic N) is 2. The molecule has 2 aromatic rings. The number of hydrogen-bond donors (Lipinski definition) is 2. The predicted molar refractivity (Wildman–Crippen MR) is 60.4 cm³/mol.